The Morgan fingerprint density at radius 2 is 2.27 bits per heavy atom. The number of carbonyl (C=O) groups is 1. The number of hydrogen-bond acceptors (Lipinski definition) is 7. The van der Waals surface area contributed by atoms with Gasteiger partial charge in [0.15, 0.2) is 5.84 Å². The Morgan fingerprint density at radius 1 is 1.50 bits per heavy atom. The molecule has 0 bridgehead atoms. The van der Waals surface area contributed by atoms with E-state index in [-0.39, 0.29) is 11.7 Å². The van der Waals surface area contributed by atoms with Crippen molar-refractivity contribution < 1.29 is 14.5 Å². The highest BCUT2D eigenvalue weighted by molar-refractivity contribution is 6.06. The number of esters is 1. The molecule has 0 radical (unpaired) electrons. The monoisotopic (exact) mass is 357 g/mol. The number of carbonyl (C=O) groups excluding carboxylic acids is 1. The lowest BCUT2D eigenvalue weighted by atomic mass is 10.0. The zero-order valence-electron chi connectivity index (χ0n) is 14.7. The second-order valence-corrected chi connectivity index (χ2v) is 6.00. The third kappa shape index (κ3) is 3.15. The van der Waals surface area contributed by atoms with Gasteiger partial charge < -0.3 is 4.74 Å². The van der Waals surface area contributed by atoms with Crippen LogP contribution in [-0.2, 0) is 9.53 Å². The van der Waals surface area contributed by atoms with Gasteiger partial charge in [0.05, 0.1) is 29.7 Å². The van der Waals surface area contributed by atoms with Gasteiger partial charge in [-0.05, 0) is 31.9 Å². The van der Waals surface area contributed by atoms with Crippen LogP contribution in [0.2, 0.25) is 0 Å². The molecule has 0 aromatic heterocycles. The van der Waals surface area contributed by atoms with E-state index in [0.717, 1.165) is 11.1 Å². The average Bonchev–Trinajstić information content (AvgIpc) is 2.95. The molecule has 1 unspecified atom stereocenters. The zero-order valence-corrected chi connectivity index (χ0v) is 14.7. The number of rotatable bonds is 4. The van der Waals surface area contributed by atoms with Crippen LogP contribution >= 0.6 is 0 Å². The van der Waals surface area contributed by atoms with Crippen molar-refractivity contribution in [3.8, 4) is 0 Å². The Bertz CT molecular complexity index is 859. The Balaban J connectivity index is 2.02. The van der Waals surface area contributed by atoms with Crippen molar-refractivity contribution in [3.63, 3.8) is 0 Å². The van der Waals surface area contributed by atoms with Crippen molar-refractivity contribution in [2.45, 2.75) is 20.8 Å². The number of amidine groups is 1. The van der Waals surface area contributed by atoms with E-state index in [9.17, 15) is 14.9 Å². The molecule has 0 aliphatic carbocycles. The highest BCUT2D eigenvalue weighted by atomic mass is 16.6. The maximum absolute atomic E-state index is 12.2. The minimum absolute atomic E-state index is 0.0359. The molecule has 0 saturated carbocycles. The Kier molecular flexibility index (Phi) is 4.70. The molecule has 0 amide bonds. The van der Waals surface area contributed by atoms with Crippen LogP contribution in [0.3, 0.4) is 0 Å². The summed E-state index contributed by atoms with van der Waals surface area (Å²) in [5.74, 6) is -0.299. The fourth-order valence-electron chi connectivity index (χ4n) is 2.95. The van der Waals surface area contributed by atoms with E-state index in [0.29, 0.717) is 30.4 Å². The lowest BCUT2D eigenvalue weighted by Crippen LogP contribution is -2.41. The first-order chi connectivity index (χ1) is 12.4. The Morgan fingerprint density at radius 3 is 2.96 bits per heavy atom. The molecular weight excluding hydrogens is 338 g/mol. The van der Waals surface area contributed by atoms with Crippen molar-refractivity contribution >= 4 is 29.5 Å². The van der Waals surface area contributed by atoms with Crippen LogP contribution in [0, 0.1) is 23.0 Å². The average molecular weight is 357 g/mol. The minimum Gasteiger partial charge on any atom is -0.465 e. The molecule has 0 saturated heterocycles. The molecule has 136 valence electrons. The maximum atomic E-state index is 12.2. The van der Waals surface area contributed by atoms with E-state index in [2.05, 4.69) is 15.4 Å². The van der Waals surface area contributed by atoms with E-state index in [1.54, 1.807) is 18.0 Å². The second kappa shape index (κ2) is 6.95. The van der Waals surface area contributed by atoms with E-state index >= 15 is 0 Å². The van der Waals surface area contributed by atoms with Gasteiger partial charge >= 0.3 is 5.97 Å². The molecule has 2 heterocycles. The van der Waals surface area contributed by atoms with Crippen LogP contribution in [-0.4, -0.2) is 41.2 Å². The van der Waals surface area contributed by atoms with Crippen LogP contribution in [0.4, 0.5) is 11.4 Å². The van der Waals surface area contributed by atoms with E-state index in [4.69, 9.17) is 4.74 Å². The number of benzene rings is 1. The molecule has 3 rings (SSSR count). The van der Waals surface area contributed by atoms with E-state index in [1.165, 1.54) is 18.5 Å². The first-order valence-electron chi connectivity index (χ1n) is 8.20. The molecule has 0 fully saturated rings. The quantitative estimate of drug-likeness (QED) is 0.503. The number of fused-ring (bicyclic) bond motifs is 1. The van der Waals surface area contributed by atoms with Crippen LogP contribution in [0.1, 0.15) is 19.4 Å². The van der Waals surface area contributed by atoms with Gasteiger partial charge in [0.25, 0.3) is 5.69 Å². The normalized spacial score (nSPS) is 20.2. The predicted octanol–water partition coefficient (Wildman–Crippen LogP) is 2.25. The summed E-state index contributed by atoms with van der Waals surface area (Å²) in [7, 11) is 0. The van der Waals surface area contributed by atoms with Crippen LogP contribution < -0.4 is 5.43 Å². The minimum atomic E-state index is -0.460. The molecule has 1 aromatic carbocycles. The number of non-ortho nitro benzene ring substituents is 1. The first-order valence-corrected chi connectivity index (χ1v) is 8.20. The summed E-state index contributed by atoms with van der Waals surface area (Å²) < 4.78 is 5.13. The van der Waals surface area contributed by atoms with Crippen molar-refractivity contribution in [1.82, 2.24) is 10.4 Å². The molecule has 9 heteroatoms. The summed E-state index contributed by atoms with van der Waals surface area (Å²) in [6.45, 7) is 6.16. The lowest BCUT2D eigenvalue weighted by molar-refractivity contribution is -0.384. The summed E-state index contributed by atoms with van der Waals surface area (Å²) in [6.07, 6.45) is 1.48. The van der Waals surface area contributed by atoms with Gasteiger partial charge in [0.1, 0.15) is 12.0 Å². The van der Waals surface area contributed by atoms with E-state index in [1.807, 2.05) is 13.8 Å². The number of hydrogen-bond donors (Lipinski definition) is 1. The first kappa shape index (κ1) is 17.6. The van der Waals surface area contributed by atoms with Crippen LogP contribution in [0.15, 0.2) is 39.5 Å². The summed E-state index contributed by atoms with van der Waals surface area (Å²) in [5, 5.41) is 12.8. The van der Waals surface area contributed by atoms with Crippen LogP contribution in [0.25, 0.3) is 0 Å². The van der Waals surface area contributed by atoms with Crippen LogP contribution in [0.5, 0.6) is 0 Å². The highest BCUT2D eigenvalue weighted by Gasteiger charge is 2.38. The third-order valence-electron chi connectivity index (χ3n) is 4.34. The third-order valence-corrected chi connectivity index (χ3v) is 4.34. The SMILES string of the molecule is CCOC(=O)C1CN2NC=NC(=Nc3cc([N+](=O)[O-])ccc3C)C2=C1C. The largest absolute Gasteiger partial charge is 0.465 e. The summed E-state index contributed by atoms with van der Waals surface area (Å²) in [6, 6.07) is 4.50. The van der Waals surface area contributed by atoms with Gasteiger partial charge in [-0.2, -0.15) is 0 Å². The standard InChI is InChI=1S/C17H19N5O4/c1-4-26-17(23)13-8-21-15(11(13)3)16(18-9-19-21)20-14-7-12(22(24)25)6-5-10(14)2/h5-7,9,13H,4,8H2,1-3H3,(H,18,19,20). The molecular formula is C17H19N5O4. The second-order valence-electron chi connectivity index (χ2n) is 6.00. The van der Waals surface area contributed by atoms with Gasteiger partial charge in [-0.15, -0.1) is 0 Å². The molecule has 9 nitrogen and oxygen atoms in total. The molecule has 1 aromatic rings. The van der Waals surface area contributed by atoms with Crippen molar-refractivity contribution in [2.24, 2.45) is 15.9 Å². The molecule has 26 heavy (non-hydrogen) atoms. The number of nitro groups is 1. The predicted molar refractivity (Wildman–Crippen MR) is 96.1 cm³/mol. The molecule has 2 aliphatic heterocycles. The van der Waals surface area contributed by atoms with Gasteiger partial charge in [-0.1, -0.05) is 6.07 Å². The van der Waals surface area contributed by atoms with E-state index < -0.39 is 10.8 Å². The van der Waals surface area contributed by atoms with Gasteiger partial charge in [0, 0.05) is 12.1 Å². The number of aliphatic imine (C=N–C) groups is 2. The smallest absolute Gasteiger partial charge is 0.315 e. The maximum Gasteiger partial charge on any atom is 0.315 e. The molecule has 1 atom stereocenters. The van der Waals surface area contributed by atoms with Crippen molar-refractivity contribution in [3.05, 3.63) is 45.1 Å². The Labute approximate surface area is 150 Å². The fraction of sp³-hybridized carbons (Fsp3) is 0.353. The number of nitrogens with one attached hydrogen (secondary N) is 1. The highest BCUT2D eigenvalue weighted by Crippen LogP contribution is 2.32. The topological polar surface area (TPSA) is 109 Å². The number of nitrogens with zero attached hydrogens (tertiary/aromatic N) is 4. The molecule has 1 N–H and O–H groups in total. The van der Waals surface area contributed by atoms with Gasteiger partial charge in [-0.25, -0.2) is 9.98 Å². The number of aryl methyl sites for hydroxylation is 1. The Hall–Kier alpha value is -3.23. The number of nitro benzene ring substituents is 1. The number of hydrazine groups is 1. The van der Waals surface area contributed by atoms with Crippen molar-refractivity contribution in [2.75, 3.05) is 13.2 Å². The summed E-state index contributed by atoms with van der Waals surface area (Å²) in [4.78, 5) is 31.5. The molecule has 0 spiro atoms. The van der Waals surface area contributed by atoms with Crippen molar-refractivity contribution in [1.29, 1.82) is 0 Å². The zero-order chi connectivity index (χ0) is 18.8. The van der Waals surface area contributed by atoms with Gasteiger partial charge in [-0.3, -0.25) is 25.3 Å². The lowest BCUT2D eigenvalue weighted by Gasteiger charge is -2.25. The fourth-order valence-corrected chi connectivity index (χ4v) is 2.95. The summed E-state index contributed by atoms with van der Waals surface area (Å²) >= 11 is 0. The number of ether oxygens (including phenoxy) is 1. The van der Waals surface area contributed by atoms with Gasteiger partial charge in [0.2, 0.25) is 0 Å². The summed E-state index contributed by atoms with van der Waals surface area (Å²) in [5.41, 5.74) is 5.70. The molecule has 2 aliphatic rings.